The molecule has 8 heteroatoms. The first-order valence-electron chi connectivity index (χ1n) is 8.55. The average molecular weight is 379 g/mol. The number of urea groups is 1. The van der Waals surface area contributed by atoms with Crippen LogP contribution in [0.15, 0.2) is 54.6 Å². The summed E-state index contributed by atoms with van der Waals surface area (Å²) in [7, 11) is 3.11. The zero-order valence-corrected chi connectivity index (χ0v) is 15.8. The van der Waals surface area contributed by atoms with Crippen molar-refractivity contribution in [3.8, 4) is 11.6 Å². The van der Waals surface area contributed by atoms with E-state index in [-0.39, 0.29) is 6.03 Å². The minimum absolute atomic E-state index is 0.360. The second-order valence-electron chi connectivity index (χ2n) is 5.82. The van der Waals surface area contributed by atoms with Crippen LogP contribution in [0.5, 0.6) is 11.6 Å². The Morgan fingerprint density at radius 2 is 1.61 bits per heavy atom. The molecule has 0 fully saturated rings. The Bertz CT molecular complexity index is 960. The van der Waals surface area contributed by atoms with Crippen LogP contribution >= 0.6 is 0 Å². The lowest BCUT2D eigenvalue weighted by atomic mass is 10.2. The lowest BCUT2D eigenvalue weighted by molar-refractivity contribution is 0.262. The van der Waals surface area contributed by atoms with Crippen LogP contribution < -0.4 is 25.4 Å². The van der Waals surface area contributed by atoms with Gasteiger partial charge in [-0.25, -0.2) is 9.78 Å². The maximum atomic E-state index is 12.2. The van der Waals surface area contributed by atoms with Crippen molar-refractivity contribution in [2.45, 2.75) is 6.92 Å². The molecular formula is C20H21N5O3. The van der Waals surface area contributed by atoms with Gasteiger partial charge in [0.15, 0.2) is 0 Å². The van der Waals surface area contributed by atoms with Gasteiger partial charge in [0, 0.05) is 17.4 Å². The maximum Gasteiger partial charge on any atom is 0.323 e. The predicted molar refractivity (Wildman–Crippen MR) is 109 cm³/mol. The minimum Gasteiger partial charge on any atom is -0.495 e. The van der Waals surface area contributed by atoms with E-state index < -0.39 is 0 Å². The highest BCUT2D eigenvalue weighted by molar-refractivity contribution is 6.00. The topological polar surface area (TPSA) is 97.4 Å². The third-order valence-electron chi connectivity index (χ3n) is 3.79. The fourth-order valence-corrected chi connectivity index (χ4v) is 2.53. The summed E-state index contributed by atoms with van der Waals surface area (Å²) in [4.78, 5) is 20.7. The van der Waals surface area contributed by atoms with E-state index >= 15 is 0 Å². The largest absolute Gasteiger partial charge is 0.495 e. The number of para-hydroxylation sites is 2. The maximum absolute atomic E-state index is 12.2. The summed E-state index contributed by atoms with van der Waals surface area (Å²) in [5, 5.41) is 8.72. The van der Waals surface area contributed by atoms with Gasteiger partial charge in [-0.1, -0.05) is 12.1 Å². The number of amides is 2. The fourth-order valence-electron chi connectivity index (χ4n) is 2.53. The van der Waals surface area contributed by atoms with Crippen LogP contribution in [0.4, 0.5) is 27.7 Å². The summed E-state index contributed by atoms with van der Waals surface area (Å²) in [6, 6.07) is 15.8. The highest BCUT2D eigenvalue weighted by Crippen LogP contribution is 2.24. The third kappa shape index (κ3) is 4.88. The highest BCUT2D eigenvalue weighted by Gasteiger charge is 2.07. The minimum atomic E-state index is -0.360. The summed E-state index contributed by atoms with van der Waals surface area (Å²) in [6.45, 7) is 1.79. The van der Waals surface area contributed by atoms with Gasteiger partial charge in [0.1, 0.15) is 17.4 Å². The molecule has 0 unspecified atom stereocenters. The molecule has 0 saturated heterocycles. The number of methoxy groups -OCH3 is 2. The van der Waals surface area contributed by atoms with E-state index in [2.05, 4.69) is 25.9 Å². The molecule has 3 aromatic rings. The number of benzene rings is 2. The van der Waals surface area contributed by atoms with Gasteiger partial charge in [0.05, 0.1) is 19.9 Å². The molecule has 3 rings (SSSR count). The monoisotopic (exact) mass is 379 g/mol. The molecule has 0 atom stereocenters. The van der Waals surface area contributed by atoms with Gasteiger partial charge < -0.3 is 25.4 Å². The molecule has 0 aliphatic rings. The second-order valence-corrected chi connectivity index (χ2v) is 5.82. The third-order valence-corrected chi connectivity index (χ3v) is 3.79. The number of aromatic nitrogens is 2. The number of hydrogen-bond acceptors (Lipinski definition) is 6. The van der Waals surface area contributed by atoms with Crippen LogP contribution in [0.1, 0.15) is 5.82 Å². The van der Waals surface area contributed by atoms with Gasteiger partial charge in [-0.3, -0.25) is 0 Å². The Hall–Kier alpha value is -3.81. The zero-order valence-electron chi connectivity index (χ0n) is 15.8. The molecule has 28 heavy (non-hydrogen) atoms. The highest BCUT2D eigenvalue weighted by atomic mass is 16.5. The Kier molecular flexibility index (Phi) is 5.91. The van der Waals surface area contributed by atoms with E-state index in [9.17, 15) is 4.79 Å². The van der Waals surface area contributed by atoms with E-state index in [1.165, 1.54) is 0 Å². The Labute approximate surface area is 162 Å². The number of hydrogen-bond donors (Lipinski definition) is 3. The molecular weight excluding hydrogens is 358 g/mol. The van der Waals surface area contributed by atoms with Crippen LogP contribution in [0.3, 0.4) is 0 Å². The molecule has 2 amide bonds. The molecule has 0 spiro atoms. The number of carbonyl (C=O) groups is 1. The van der Waals surface area contributed by atoms with Gasteiger partial charge >= 0.3 is 6.03 Å². The van der Waals surface area contributed by atoms with Crippen molar-refractivity contribution in [3.05, 3.63) is 60.4 Å². The summed E-state index contributed by atoms with van der Waals surface area (Å²) in [5.41, 5.74) is 2.05. The SMILES string of the molecule is COc1cc(Nc2ccc(NC(=O)Nc3ccccc3OC)cc2)nc(C)n1. The van der Waals surface area contributed by atoms with Gasteiger partial charge in [-0.15, -0.1) is 0 Å². The van der Waals surface area contributed by atoms with Crippen molar-refractivity contribution in [2.75, 3.05) is 30.2 Å². The number of ether oxygens (including phenoxy) is 2. The van der Waals surface area contributed by atoms with E-state index in [0.717, 1.165) is 5.69 Å². The first-order valence-corrected chi connectivity index (χ1v) is 8.55. The predicted octanol–water partition coefficient (Wildman–Crippen LogP) is 4.19. The van der Waals surface area contributed by atoms with Crippen LogP contribution in [0, 0.1) is 6.92 Å². The number of nitrogens with one attached hydrogen (secondary N) is 3. The number of aryl methyl sites for hydroxylation is 1. The first-order chi connectivity index (χ1) is 13.6. The van der Waals surface area contributed by atoms with E-state index in [4.69, 9.17) is 9.47 Å². The number of carbonyl (C=O) groups excluding carboxylic acids is 1. The molecule has 0 saturated carbocycles. The van der Waals surface area contributed by atoms with E-state index in [0.29, 0.717) is 34.6 Å². The standard InChI is InChI=1S/C20H21N5O3/c1-13-21-18(12-19(22-13)28-3)23-14-8-10-15(11-9-14)24-20(26)25-16-6-4-5-7-17(16)27-2/h4-12H,1-3H3,(H,21,22,23)(H2,24,25,26). The molecule has 8 nitrogen and oxygen atoms in total. The number of rotatable bonds is 6. The van der Waals surface area contributed by atoms with Crippen LogP contribution in [0.2, 0.25) is 0 Å². The molecule has 0 radical (unpaired) electrons. The number of anilines is 4. The molecule has 0 aliphatic carbocycles. The quantitative estimate of drug-likeness (QED) is 0.594. The molecule has 0 aliphatic heterocycles. The Morgan fingerprint density at radius 1 is 0.893 bits per heavy atom. The van der Waals surface area contributed by atoms with Crippen molar-refractivity contribution in [1.82, 2.24) is 9.97 Å². The van der Waals surface area contributed by atoms with Crippen LogP contribution in [0.25, 0.3) is 0 Å². The fraction of sp³-hybridized carbons (Fsp3) is 0.150. The van der Waals surface area contributed by atoms with Crippen molar-refractivity contribution in [1.29, 1.82) is 0 Å². The normalized spacial score (nSPS) is 10.1. The molecule has 1 heterocycles. The van der Waals surface area contributed by atoms with Gasteiger partial charge in [0.25, 0.3) is 0 Å². The molecule has 144 valence electrons. The molecule has 3 N–H and O–H groups in total. The summed E-state index contributed by atoms with van der Waals surface area (Å²) >= 11 is 0. The lowest BCUT2D eigenvalue weighted by Gasteiger charge is -2.12. The summed E-state index contributed by atoms with van der Waals surface area (Å²) < 4.78 is 10.4. The Morgan fingerprint density at radius 3 is 2.32 bits per heavy atom. The smallest absolute Gasteiger partial charge is 0.323 e. The average Bonchev–Trinajstić information content (AvgIpc) is 2.69. The lowest BCUT2D eigenvalue weighted by Crippen LogP contribution is -2.19. The first kappa shape index (κ1) is 19.0. The zero-order chi connectivity index (χ0) is 19.9. The van der Waals surface area contributed by atoms with Crippen molar-refractivity contribution < 1.29 is 14.3 Å². The van der Waals surface area contributed by atoms with Gasteiger partial charge in [-0.05, 0) is 43.3 Å². The second kappa shape index (κ2) is 8.72. The van der Waals surface area contributed by atoms with E-state index in [1.807, 2.05) is 24.3 Å². The Balaban J connectivity index is 1.63. The summed E-state index contributed by atoms with van der Waals surface area (Å²) in [6.07, 6.45) is 0. The van der Waals surface area contributed by atoms with Crippen molar-refractivity contribution in [2.24, 2.45) is 0 Å². The van der Waals surface area contributed by atoms with E-state index in [1.54, 1.807) is 51.5 Å². The van der Waals surface area contributed by atoms with Crippen LogP contribution in [-0.2, 0) is 0 Å². The van der Waals surface area contributed by atoms with Crippen molar-refractivity contribution in [3.63, 3.8) is 0 Å². The van der Waals surface area contributed by atoms with Crippen LogP contribution in [-0.4, -0.2) is 30.2 Å². The number of nitrogens with zero attached hydrogens (tertiary/aromatic N) is 2. The van der Waals surface area contributed by atoms with Gasteiger partial charge in [0.2, 0.25) is 5.88 Å². The molecule has 1 aromatic heterocycles. The summed E-state index contributed by atoms with van der Waals surface area (Å²) in [5.74, 6) is 2.31. The molecule has 2 aromatic carbocycles. The van der Waals surface area contributed by atoms with Gasteiger partial charge in [-0.2, -0.15) is 4.98 Å². The van der Waals surface area contributed by atoms with Crippen molar-refractivity contribution >= 4 is 28.9 Å². The molecule has 0 bridgehead atoms.